The predicted molar refractivity (Wildman–Crippen MR) is 111 cm³/mol. The fourth-order valence-corrected chi connectivity index (χ4v) is 4.60. The summed E-state index contributed by atoms with van der Waals surface area (Å²) >= 11 is 1.21. The molecule has 140 valence electrons. The number of fused-ring (bicyclic) bond motifs is 1. The van der Waals surface area contributed by atoms with Gasteiger partial charge in [0.05, 0.1) is 10.2 Å². The topological polar surface area (TPSA) is 54.3 Å². The first kappa shape index (κ1) is 17.9. The van der Waals surface area contributed by atoms with Gasteiger partial charge in [0.25, 0.3) is 5.91 Å². The Kier molecular flexibility index (Phi) is 5.09. The highest BCUT2D eigenvalue weighted by molar-refractivity contribution is 7.16. The maximum absolute atomic E-state index is 12.5. The maximum atomic E-state index is 12.5. The van der Waals surface area contributed by atoms with Crippen LogP contribution in [0.3, 0.4) is 0 Å². The van der Waals surface area contributed by atoms with E-state index in [-0.39, 0.29) is 10.8 Å². The summed E-state index contributed by atoms with van der Waals surface area (Å²) in [5.41, 5.74) is 3.50. The number of carbonyl (C=O) groups is 1. The van der Waals surface area contributed by atoms with E-state index in [2.05, 4.69) is 10.2 Å². The second-order valence-electron chi connectivity index (χ2n) is 6.93. The highest BCUT2D eigenvalue weighted by Gasteiger charge is 2.13. The van der Waals surface area contributed by atoms with Crippen molar-refractivity contribution in [2.75, 3.05) is 18.4 Å². The number of benzene rings is 2. The summed E-state index contributed by atoms with van der Waals surface area (Å²) in [6.07, 6.45) is 2.56. The minimum atomic E-state index is -0.135. The van der Waals surface area contributed by atoms with Crippen LogP contribution in [0.5, 0.6) is 0 Å². The van der Waals surface area contributed by atoms with E-state index in [0.29, 0.717) is 17.8 Å². The average Bonchev–Trinajstić information content (AvgIpc) is 3.28. The molecular weight excluding hydrogens is 358 g/mol. The molecule has 5 nitrogen and oxygen atoms in total. The molecule has 1 aliphatic heterocycles. The number of aromatic nitrogens is 1. The van der Waals surface area contributed by atoms with Crippen molar-refractivity contribution in [3.05, 3.63) is 63.3 Å². The van der Waals surface area contributed by atoms with Gasteiger partial charge in [0, 0.05) is 24.3 Å². The summed E-state index contributed by atoms with van der Waals surface area (Å²) < 4.78 is 2.63. The molecule has 1 N–H and O–H groups in total. The monoisotopic (exact) mass is 381 g/mol. The van der Waals surface area contributed by atoms with E-state index in [0.717, 1.165) is 29.9 Å². The van der Waals surface area contributed by atoms with Gasteiger partial charge in [-0.1, -0.05) is 23.5 Å². The van der Waals surface area contributed by atoms with Crippen LogP contribution in [0.15, 0.2) is 47.3 Å². The van der Waals surface area contributed by atoms with Crippen molar-refractivity contribution in [1.29, 1.82) is 0 Å². The van der Waals surface area contributed by atoms with E-state index in [1.807, 2.05) is 49.4 Å². The first-order valence-corrected chi connectivity index (χ1v) is 10.2. The Balaban J connectivity index is 1.46. The van der Waals surface area contributed by atoms with Gasteiger partial charge in [0.15, 0.2) is 0 Å². The molecule has 0 radical (unpaired) electrons. The van der Waals surface area contributed by atoms with Crippen LogP contribution in [0.1, 0.15) is 35.7 Å². The SMILES string of the molecule is CCn1c(=O)sc2cc(NC(=O)c3ccc(CN4CCCC4)cc3)ccc21. The number of nitrogens with zero attached hydrogens (tertiary/aromatic N) is 2. The lowest BCUT2D eigenvalue weighted by molar-refractivity contribution is 0.102. The molecule has 0 spiro atoms. The van der Waals surface area contributed by atoms with Gasteiger partial charge in [0.2, 0.25) is 0 Å². The van der Waals surface area contributed by atoms with Crippen molar-refractivity contribution >= 4 is 33.1 Å². The number of aryl methyl sites for hydroxylation is 1. The quantitative estimate of drug-likeness (QED) is 0.728. The number of carbonyl (C=O) groups excluding carboxylic acids is 1. The molecule has 2 heterocycles. The maximum Gasteiger partial charge on any atom is 0.308 e. The number of likely N-dealkylation sites (tertiary alicyclic amines) is 1. The Morgan fingerprint density at radius 2 is 1.85 bits per heavy atom. The number of thiazole rings is 1. The summed E-state index contributed by atoms with van der Waals surface area (Å²) in [5, 5.41) is 2.94. The van der Waals surface area contributed by atoms with Crippen LogP contribution < -0.4 is 10.2 Å². The van der Waals surface area contributed by atoms with E-state index in [9.17, 15) is 9.59 Å². The van der Waals surface area contributed by atoms with Gasteiger partial charge in [0.1, 0.15) is 0 Å². The first-order chi connectivity index (χ1) is 13.1. The zero-order chi connectivity index (χ0) is 18.8. The molecule has 1 aromatic heterocycles. The Hall–Kier alpha value is -2.44. The molecule has 1 fully saturated rings. The number of nitrogens with one attached hydrogen (secondary N) is 1. The van der Waals surface area contributed by atoms with E-state index in [1.165, 1.54) is 29.7 Å². The average molecular weight is 382 g/mol. The van der Waals surface area contributed by atoms with Crippen molar-refractivity contribution in [3.63, 3.8) is 0 Å². The van der Waals surface area contributed by atoms with Crippen LogP contribution in [-0.4, -0.2) is 28.5 Å². The van der Waals surface area contributed by atoms with Crippen LogP contribution in [0.25, 0.3) is 10.2 Å². The molecule has 0 saturated carbocycles. The van der Waals surface area contributed by atoms with Crippen LogP contribution >= 0.6 is 11.3 Å². The Morgan fingerprint density at radius 1 is 1.11 bits per heavy atom. The summed E-state index contributed by atoms with van der Waals surface area (Å²) in [6, 6.07) is 13.4. The van der Waals surface area contributed by atoms with E-state index in [1.54, 1.807) is 4.57 Å². The van der Waals surface area contributed by atoms with Gasteiger partial charge >= 0.3 is 4.87 Å². The Morgan fingerprint density at radius 3 is 2.56 bits per heavy atom. The molecule has 1 amide bonds. The summed E-state index contributed by atoms with van der Waals surface area (Å²) in [7, 11) is 0. The molecular formula is C21H23N3O2S. The van der Waals surface area contributed by atoms with Crippen molar-refractivity contribution in [1.82, 2.24) is 9.47 Å². The Bertz CT molecular complexity index is 1010. The molecule has 0 unspecified atom stereocenters. The fraction of sp³-hybridized carbons (Fsp3) is 0.333. The fourth-order valence-electron chi connectivity index (χ4n) is 3.61. The van der Waals surface area contributed by atoms with Gasteiger partial charge in [-0.2, -0.15) is 0 Å². The first-order valence-electron chi connectivity index (χ1n) is 9.40. The number of hydrogen-bond donors (Lipinski definition) is 1. The number of anilines is 1. The van der Waals surface area contributed by atoms with Gasteiger partial charge in [-0.15, -0.1) is 0 Å². The van der Waals surface area contributed by atoms with Crippen molar-refractivity contribution in [2.24, 2.45) is 0 Å². The molecule has 1 aliphatic rings. The smallest absolute Gasteiger partial charge is 0.308 e. The highest BCUT2D eigenvalue weighted by atomic mass is 32.1. The van der Waals surface area contributed by atoms with E-state index >= 15 is 0 Å². The Labute approximate surface area is 162 Å². The summed E-state index contributed by atoms with van der Waals surface area (Å²) in [6.45, 7) is 5.88. The summed E-state index contributed by atoms with van der Waals surface area (Å²) in [4.78, 5) is 27.0. The lowest BCUT2D eigenvalue weighted by Crippen LogP contribution is -2.18. The molecule has 27 heavy (non-hydrogen) atoms. The molecule has 1 saturated heterocycles. The largest absolute Gasteiger partial charge is 0.322 e. The standard InChI is InChI=1S/C21H23N3O2S/c1-2-24-18-10-9-17(13-19(18)27-21(24)26)22-20(25)16-7-5-15(6-8-16)14-23-11-3-4-12-23/h5-10,13H,2-4,11-12,14H2,1H3,(H,22,25). The zero-order valence-corrected chi connectivity index (χ0v) is 16.2. The molecule has 0 aliphatic carbocycles. The molecule has 0 atom stereocenters. The normalized spacial score (nSPS) is 14.7. The van der Waals surface area contributed by atoms with Gasteiger partial charge < -0.3 is 5.32 Å². The minimum absolute atomic E-state index is 0.0320. The number of rotatable bonds is 5. The van der Waals surface area contributed by atoms with Gasteiger partial charge in [-0.25, -0.2) is 0 Å². The minimum Gasteiger partial charge on any atom is -0.322 e. The lowest BCUT2D eigenvalue weighted by atomic mass is 10.1. The highest BCUT2D eigenvalue weighted by Crippen LogP contribution is 2.22. The molecule has 6 heteroatoms. The predicted octanol–water partition coefficient (Wildman–Crippen LogP) is 3.93. The van der Waals surface area contributed by atoms with Crippen LogP contribution in [-0.2, 0) is 13.1 Å². The second kappa shape index (κ2) is 7.66. The van der Waals surface area contributed by atoms with Crippen molar-refractivity contribution in [2.45, 2.75) is 32.9 Å². The van der Waals surface area contributed by atoms with Crippen LogP contribution in [0.4, 0.5) is 5.69 Å². The number of hydrogen-bond acceptors (Lipinski definition) is 4. The molecule has 4 rings (SSSR count). The van der Waals surface area contributed by atoms with Gasteiger partial charge in [-0.05, 0) is 68.8 Å². The van der Waals surface area contributed by atoms with E-state index in [4.69, 9.17) is 0 Å². The molecule has 2 aromatic carbocycles. The third-order valence-corrected chi connectivity index (χ3v) is 6.01. The van der Waals surface area contributed by atoms with Crippen LogP contribution in [0, 0.1) is 0 Å². The van der Waals surface area contributed by atoms with E-state index < -0.39 is 0 Å². The van der Waals surface area contributed by atoms with Crippen molar-refractivity contribution < 1.29 is 4.79 Å². The second-order valence-corrected chi connectivity index (χ2v) is 7.92. The summed E-state index contributed by atoms with van der Waals surface area (Å²) in [5.74, 6) is -0.135. The number of amides is 1. The van der Waals surface area contributed by atoms with Crippen molar-refractivity contribution in [3.8, 4) is 0 Å². The zero-order valence-electron chi connectivity index (χ0n) is 15.4. The van der Waals surface area contributed by atoms with Gasteiger partial charge in [-0.3, -0.25) is 19.1 Å². The molecule has 3 aromatic rings. The lowest BCUT2D eigenvalue weighted by Gasteiger charge is -2.14. The molecule has 0 bridgehead atoms. The van der Waals surface area contributed by atoms with Crippen LogP contribution in [0.2, 0.25) is 0 Å². The third kappa shape index (κ3) is 3.82. The third-order valence-electron chi connectivity index (χ3n) is 5.06.